The number of methoxy groups -OCH3 is 1. The number of hydrogen-bond donors (Lipinski definition) is 2. The van der Waals surface area contributed by atoms with Gasteiger partial charge in [0.15, 0.2) is 0 Å². The third-order valence-electron chi connectivity index (χ3n) is 13.9. The van der Waals surface area contributed by atoms with E-state index in [0.29, 0.717) is 43.4 Å². The highest BCUT2D eigenvalue weighted by Gasteiger charge is 2.50. The molecule has 4 aromatic rings. The van der Waals surface area contributed by atoms with Crippen LogP contribution in [0.3, 0.4) is 0 Å². The first-order valence-electron chi connectivity index (χ1n) is 22.8. The van der Waals surface area contributed by atoms with E-state index in [0.717, 1.165) is 70.0 Å². The van der Waals surface area contributed by atoms with Crippen LogP contribution in [0, 0.1) is 17.3 Å². The van der Waals surface area contributed by atoms with Crippen LogP contribution in [0.15, 0.2) is 35.8 Å². The van der Waals surface area contributed by atoms with Crippen molar-refractivity contribution in [2.45, 2.75) is 116 Å². The molecule has 63 heavy (non-hydrogen) atoms. The van der Waals surface area contributed by atoms with Gasteiger partial charge in [0.25, 0.3) is 5.91 Å². The molecule has 338 valence electrons. The molecule has 6 bridgehead atoms. The van der Waals surface area contributed by atoms with Gasteiger partial charge in [0.2, 0.25) is 12.3 Å². The molecule has 6 atom stereocenters. The summed E-state index contributed by atoms with van der Waals surface area (Å²) in [6.07, 6.45) is 4.58. The van der Waals surface area contributed by atoms with Crippen LogP contribution in [-0.4, -0.2) is 113 Å². The Morgan fingerprint density at radius 2 is 1.95 bits per heavy atom. The lowest BCUT2D eigenvalue weighted by molar-refractivity contribution is -0.155. The fraction of sp³-hybridized carbons (Fsp3) is 0.596. The number of pyridine rings is 1. The predicted octanol–water partition coefficient (Wildman–Crippen LogP) is 6.78. The van der Waals surface area contributed by atoms with Crippen LogP contribution >= 0.6 is 11.3 Å². The summed E-state index contributed by atoms with van der Waals surface area (Å²) in [4.78, 5) is 56.6. The molecule has 1 saturated carbocycles. The van der Waals surface area contributed by atoms with E-state index in [1.54, 1.807) is 7.11 Å². The number of rotatable bonds is 8. The summed E-state index contributed by atoms with van der Waals surface area (Å²) < 4.78 is 41.4. The van der Waals surface area contributed by atoms with E-state index in [-0.39, 0.29) is 25.6 Å². The number of halogens is 2. The Morgan fingerprint density at radius 3 is 2.73 bits per heavy atom. The lowest BCUT2D eigenvalue weighted by Gasteiger charge is -2.45. The van der Waals surface area contributed by atoms with Gasteiger partial charge >= 0.3 is 5.97 Å². The van der Waals surface area contributed by atoms with Gasteiger partial charge in [-0.2, -0.15) is 0 Å². The molecule has 4 fully saturated rings. The summed E-state index contributed by atoms with van der Waals surface area (Å²) in [5.41, 5.74) is 10.4. The van der Waals surface area contributed by atoms with Crippen LogP contribution in [-0.2, 0) is 43.2 Å². The molecule has 4 aliphatic heterocycles. The molecule has 0 spiro atoms. The number of piperazine rings is 1. The van der Waals surface area contributed by atoms with Crippen LogP contribution in [0.2, 0.25) is 0 Å². The van der Waals surface area contributed by atoms with Gasteiger partial charge in [-0.15, -0.1) is 11.3 Å². The molecule has 3 saturated heterocycles. The van der Waals surface area contributed by atoms with E-state index >= 15 is 0 Å². The number of thiazole rings is 1. The van der Waals surface area contributed by atoms with Gasteiger partial charge < -0.3 is 24.3 Å². The van der Waals surface area contributed by atoms with Crippen LogP contribution in [0.4, 0.5) is 14.5 Å². The minimum atomic E-state index is -2.60. The number of nitrogens with zero attached hydrogens (tertiary/aromatic N) is 6. The number of esters is 1. The quantitative estimate of drug-likeness (QED) is 0.183. The Morgan fingerprint density at radius 1 is 1.11 bits per heavy atom. The van der Waals surface area contributed by atoms with Gasteiger partial charge in [-0.1, -0.05) is 26.3 Å². The summed E-state index contributed by atoms with van der Waals surface area (Å²) in [5.74, 6) is -3.35. The van der Waals surface area contributed by atoms with Crippen LogP contribution in [0.25, 0.3) is 33.4 Å². The number of anilines is 1. The number of carbonyl (C=O) groups excluding carboxylic acids is 3. The number of aromatic nitrogens is 3. The first kappa shape index (κ1) is 43.7. The lowest BCUT2D eigenvalue weighted by Crippen LogP contribution is -2.60. The molecule has 2 N–H and O–H groups in total. The Bertz CT molecular complexity index is 2370. The Kier molecular flexibility index (Phi) is 12.4. The smallest absolute Gasteiger partial charge is 0.324 e. The minimum Gasteiger partial charge on any atom is -0.464 e. The van der Waals surface area contributed by atoms with Crippen molar-refractivity contribution < 1.29 is 32.6 Å². The zero-order chi connectivity index (χ0) is 44.2. The number of benzene rings is 1. The van der Waals surface area contributed by atoms with Crippen molar-refractivity contribution in [2.75, 3.05) is 51.3 Å². The second kappa shape index (κ2) is 17.8. The predicted molar refractivity (Wildman–Crippen MR) is 238 cm³/mol. The van der Waals surface area contributed by atoms with Crippen molar-refractivity contribution in [1.29, 1.82) is 0 Å². The van der Waals surface area contributed by atoms with Gasteiger partial charge in [-0.3, -0.25) is 29.3 Å². The number of aryl methyl sites for hydroxylation is 1. The van der Waals surface area contributed by atoms with E-state index < -0.39 is 53.5 Å². The number of cyclic esters (lactones) is 1. The SMILES string of the molecule is CCn1c(-c2cc(N3CCN4CCCC[C@@H]4C3)cnc2[C@H](C)OC)c2c3cc(ccc31)-c1csc(n1)C[C@H](NC(=O)[C@@H]1C[C@H]1C(F)F)C(=O)N1CCC[C@H](N1)C(=O)OCC(C)(C)C2. The molecule has 1 aromatic carbocycles. The topological polar surface area (TPSA) is 134 Å². The number of hydrazine groups is 1. The Balaban J connectivity index is 1.14. The molecule has 7 heterocycles. The normalized spacial score (nSPS) is 26.0. The number of hydrogen-bond acceptors (Lipinski definition) is 11. The molecule has 0 radical (unpaired) electrons. The fourth-order valence-corrected chi connectivity index (χ4v) is 11.1. The third kappa shape index (κ3) is 8.84. The van der Waals surface area contributed by atoms with Gasteiger partial charge in [0.1, 0.15) is 12.1 Å². The summed E-state index contributed by atoms with van der Waals surface area (Å²) in [7, 11) is 1.72. The molecule has 2 amide bonds. The number of ether oxygens (including phenoxy) is 2. The third-order valence-corrected chi connectivity index (χ3v) is 14.8. The lowest BCUT2D eigenvalue weighted by atomic mass is 9.84. The molecule has 0 unspecified atom stereocenters. The van der Waals surface area contributed by atoms with Crippen LogP contribution in [0.1, 0.15) is 88.6 Å². The van der Waals surface area contributed by atoms with Gasteiger partial charge in [-0.05, 0) is 82.7 Å². The maximum atomic E-state index is 14.2. The molecule has 9 rings (SSSR count). The van der Waals surface area contributed by atoms with Crippen molar-refractivity contribution in [3.05, 3.63) is 52.1 Å². The second-order valence-corrected chi connectivity index (χ2v) is 19.9. The maximum absolute atomic E-state index is 14.2. The number of carbonyl (C=O) groups is 3. The Labute approximate surface area is 371 Å². The van der Waals surface area contributed by atoms with Gasteiger partial charge in [0, 0.05) is 97.0 Å². The summed E-state index contributed by atoms with van der Waals surface area (Å²) >= 11 is 1.39. The minimum absolute atomic E-state index is 0.0617. The van der Waals surface area contributed by atoms with Crippen LogP contribution in [0.5, 0.6) is 0 Å². The first-order valence-corrected chi connectivity index (χ1v) is 23.6. The Hall–Kier alpha value is -4.51. The van der Waals surface area contributed by atoms with Crippen molar-refractivity contribution >= 4 is 45.7 Å². The molecule has 3 aromatic heterocycles. The number of fused-ring (bicyclic) bond motifs is 7. The molecule has 13 nitrogen and oxygen atoms in total. The number of alkyl halides is 2. The highest BCUT2D eigenvalue weighted by molar-refractivity contribution is 7.10. The average molecular weight is 887 g/mol. The summed E-state index contributed by atoms with van der Waals surface area (Å²) in [6.45, 7) is 13.7. The van der Waals surface area contributed by atoms with E-state index in [9.17, 15) is 23.2 Å². The summed E-state index contributed by atoms with van der Waals surface area (Å²) in [6, 6.07) is 7.39. The second-order valence-electron chi connectivity index (χ2n) is 18.9. The van der Waals surface area contributed by atoms with Crippen molar-refractivity contribution in [2.24, 2.45) is 17.3 Å². The summed E-state index contributed by atoms with van der Waals surface area (Å²) in [5, 5.41) is 7.79. The van der Waals surface area contributed by atoms with E-state index in [1.165, 1.54) is 42.2 Å². The van der Waals surface area contributed by atoms with E-state index in [4.69, 9.17) is 19.4 Å². The zero-order valence-corrected chi connectivity index (χ0v) is 37.8. The molecule has 16 heteroatoms. The standard InChI is InChI=1S/C47H60F2N8O5S/c1-6-56-39-13-12-28-18-31(39)35(42(56)34-19-30(23-50-41(34)27(2)61-5)55-17-16-54-14-8-7-10-29(54)24-55)22-47(3,4)26-62-46(60)36-11-9-15-57(53-36)45(59)37(21-40-51-38(28)25-63-40)52-44(58)33-20-32(33)43(48)49/h12-13,18-19,23,25,27,29,32-33,36-37,43,53H,6-11,14-17,20-22,24,26H2,1-5H3,(H,52,58)/t27-,29+,32+,33+,36-,37-/m0/s1. The molecule has 5 aliphatic rings. The van der Waals surface area contributed by atoms with Crippen molar-refractivity contribution in [3.8, 4) is 22.5 Å². The number of piperidine rings is 1. The average Bonchev–Trinajstić information content (AvgIpc) is 3.89. The van der Waals surface area contributed by atoms with E-state index in [2.05, 4.69) is 70.1 Å². The number of amides is 2. The van der Waals surface area contributed by atoms with Crippen molar-refractivity contribution in [3.63, 3.8) is 0 Å². The molecular weight excluding hydrogens is 827 g/mol. The van der Waals surface area contributed by atoms with E-state index in [1.807, 2.05) is 18.5 Å². The van der Waals surface area contributed by atoms with Gasteiger partial charge in [0.05, 0.1) is 46.7 Å². The largest absolute Gasteiger partial charge is 0.464 e. The highest BCUT2D eigenvalue weighted by atomic mass is 32.1. The van der Waals surface area contributed by atoms with Crippen LogP contribution < -0.4 is 15.6 Å². The zero-order valence-electron chi connectivity index (χ0n) is 37.0. The first-order chi connectivity index (χ1) is 30.3. The monoisotopic (exact) mass is 886 g/mol. The maximum Gasteiger partial charge on any atom is 0.324 e. The highest BCUT2D eigenvalue weighted by Crippen LogP contribution is 2.45. The molecular formula is C47H60F2N8O5S. The molecule has 1 aliphatic carbocycles. The number of nitrogens with one attached hydrogen (secondary N) is 2. The van der Waals surface area contributed by atoms with Crippen molar-refractivity contribution in [1.82, 2.24) is 35.2 Å². The fourth-order valence-electron chi connectivity index (χ4n) is 10.2. The van der Waals surface area contributed by atoms with Gasteiger partial charge in [-0.25, -0.2) is 19.2 Å².